The fourth-order valence-electron chi connectivity index (χ4n) is 4.79. The summed E-state index contributed by atoms with van der Waals surface area (Å²) in [5.41, 5.74) is 2.75. The first-order valence-corrected chi connectivity index (χ1v) is 16.0. The molecule has 1 aliphatic heterocycles. The highest BCUT2D eigenvalue weighted by Crippen LogP contribution is 2.37. The van der Waals surface area contributed by atoms with E-state index in [2.05, 4.69) is 45.6 Å². The van der Waals surface area contributed by atoms with E-state index in [9.17, 15) is 14.7 Å². The number of esters is 1. The van der Waals surface area contributed by atoms with Crippen molar-refractivity contribution in [2.24, 2.45) is 0 Å². The summed E-state index contributed by atoms with van der Waals surface area (Å²) >= 11 is 0. The molecule has 1 unspecified atom stereocenters. The summed E-state index contributed by atoms with van der Waals surface area (Å²) in [6.45, 7) is 12.0. The number of nitrogens with zero attached hydrogens (tertiary/aromatic N) is 1. The van der Waals surface area contributed by atoms with Crippen LogP contribution < -0.4 is 0 Å². The average Bonchev–Trinajstić information content (AvgIpc) is 3.16. The number of ether oxygens (including phenoxy) is 2. The smallest absolute Gasteiger partial charge is 0.352 e. The van der Waals surface area contributed by atoms with Crippen molar-refractivity contribution in [1.82, 2.24) is 4.57 Å². The van der Waals surface area contributed by atoms with Gasteiger partial charge in [0.2, 0.25) is 0 Å². The Bertz CT molecular complexity index is 1250. The van der Waals surface area contributed by atoms with Crippen molar-refractivity contribution < 1.29 is 24.2 Å². The summed E-state index contributed by atoms with van der Waals surface area (Å²) < 4.78 is 13.1. The second-order valence-electron chi connectivity index (χ2n) is 11.2. The number of hydrogen-bond acceptors (Lipinski definition) is 4. The third-order valence-electron chi connectivity index (χ3n) is 6.66. The molecule has 1 atom stereocenters. The summed E-state index contributed by atoms with van der Waals surface area (Å²) in [4.78, 5) is 25.3. The van der Waals surface area contributed by atoms with Crippen molar-refractivity contribution in [3.8, 4) is 5.69 Å². The molecule has 0 spiro atoms. The van der Waals surface area contributed by atoms with Crippen LogP contribution in [0.3, 0.4) is 0 Å². The molecule has 186 valence electrons. The molecule has 6 nitrogen and oxygen atoms in total. The molecular weight excluding hydrogens is 458 g/mol. The number of rotatable bonds is 7. The van der Waals surface area contributed by atoms with Crippen LogP contribution in [-0.4, -0.2) is 48.5 Å². The van der Waals surface area contributed by atoms with E-state index in [4.69, 9.17) is 9.47 Å². The number of fused-ring (bicyclic) bond motifs is 1. The number of aromatic nitrogens is 1. The molecule has 2 heterocycles. The van der Waals surface area contributed by atoms with Gasteiger partial charge < -0.3 is 19.1 Å². The fourth-order valence-corrected chi connectivity index (χ4v) is 5.50. The van der Waals surface area contributed by atoms with Crippen LogP contribution in [0.2, 0.25) is 25.7 Å². The van der Waals surface area contributed by atoms with Crippen LogP contribution in [0, 0.1) is 0 Å². The second kappa shape index (κ2) is 9.63. The van der Waals surface area contributed by atoms with E-state index >= 15 is 0 Å². The van der Waals surface area contributed by atoms with Crippen molar-refractivity contribution in [1.29, 1.82) is 0 Å². The molecule has 1 N–H and O–H groups in total. The van der Waals surface area contributed by atoms with Crippen LogP contribution in [0.4, 0.5) is 0 Å². The zero-order valence-electron chi connectivity index (χ0n) is 21.3. The van der Waals surface area contributed by atoms with E-state index in [1.165, 1.54) is 5.56 Å². The van der Waals surface area contributed by atoms with E-state index < -0.39 is 20.0 Å². The largest absolute Gasteiger partial charge is 0.477 e. The topological polar surface area (TPSA) is 77.8 Å². The predicted octanol–water partition coefficient (Wildman–Crippen LogP) is 6.50. The number of carboxylic acids is 1. The molecule has 0 saturated carbocycles. The van der Waals surface area contributed by atoms with Gasteiger partial charge in [-0.15, -0.1) is 0 Å². The Balaban J connectivity index is 1.73. The first-order chi connectivity index (χ1) is 16.5. The van der Waals surface area contributed by atoms with Crippen LogP contribution in [-0.2, 0) is 9.47 Å². The van der Waals surface area contributed by atoms with Crippen molar-refractivity contribution in [2.45, 2.75) is 63.9 Å². The van der Waals surface area contributed by atoms with Gasteiger partial charge in [0.05, 0.1) is 29.0 Å². The molecule has 35 heavy (non-hydrogen) atoms. The SMILES string of the molecule is CC1(C)CC(c2ccc3c(c2)cc(C(=O)O)n3-c2ccccc2C(=O)OCC[Si](C)(C)C)CCO1. The summed E-state index contributed by atoms with van der Waals surface area (Å²) in [6, 6.07) is 15.7. The zero-order chi connectivity index (χ0) is 25.4. The van der Waals surface area contributed by atoms with Gasteiger partial charge in [-0.05, 0) is 74.5 Å². The lowest BCUT2D eigenvalue weighted by molar-refractivity contribution is -0.0592. The Morgan fingerprint density at radius 1 is 1.14 bits per heavy atom. The number of carboxylic acid groups (broad SMARTS) is 1. The van der Waals surface area contributed by atoms with Crippen molar-refractivity contribution in [2.75, 3.05) is 13.2 Å². The van der Waals surface area contributed by atoms with Crippen molar-refractivity contribution in [3.63, 3.8) is 0 Å². The Labute approximate surface area is 207 Å². The molecular formula is C28H35NO5Si. The van der Waals surface area contributed by atoms with Crippen molar-refractivity contribution in [3.05, 3.63) is 65.4 Å². The monoisotopic (exact) mass is 493 g/mol. The molecule has 0 bridgehead atoms. The molecule has 2 aromatic carbocycles. The number of para-hydroxylation sites is 1. The summed E-state index contributed by atoms with van der Waals surface area (Å²) in [7, 11) is -1.35. The average molecular weight is 494 g/mol. The number of carbonyl (C=O) groups is 2. The summed E-state index contributed by atoms with van der Waals surface area (Å²) in [5.74, 6) is -1.12. The Morgan fingerprint density at radius 2 is 1.89 bits per heavy atom. The maximum atomic E-state index is 13.0. The molecule has 0 aliphatic carbocycles. The maximum absolute atomic E-state index is 13.0. The highest BCUT2D eigenvalue weighted by atomic mass is 28.3. The lowest BCUT2D eigenvalue weighted by Crippen LogP contribution is -2.32. The molecule has 1 aliphatic rings. The first kappa shape index (κ1) is 25.2. The molecule has 3 aromatic rings. The van der Waals surface area contributed by atoms with Crippen LogP contribution in [0.25, 0.3) is 16.6 Å². The first-order valence-electron chi connectivity index (χ1n) is 12.2. The Hall–Kier alpha value is -2.90. The summed E-state index contributed by atoms with van der Waals surface area (Å²) in [6.07, 6.45) is 1.85. The maximum Gasteiger partial charge on any atom is 0.352 e. The molecule has 1 saturated heterocycles. The third-order valence-corrected chi connectivity index (χ3v) is 8.37. The van der Waals surface area contributed by atoms with Gasteiger partial charge in [-0.2, -0.15) is 0 Å². The lowest BCUT2D eigenvalue weighted by atomic mass is 9.83. The quantitative estimate of drug-likeness (QED) is 0.300. The lowest BCUT2D eigenvalue weighted by Gasteiger charge is -2.35. The van der Waals surface area contributed by atoms with E-state index in [0.717, 1.165) is 29.8 Å². The standard InChI is InChI=1S/C28H35NO5Si/c1-28(2)18-20(12-13-34-28)19-10-11-23-21(16-19)17-25(26(30)31)29(23)24-9-7-6-8-22(24)27(32)33-14-15-35(3,4)5/h6-11,16-17,20H,12-15,18H2,1-5H3,(H,30,31). The summed E-state index contributed by atoms with van der Waals surface area (Å²) in [5, 5.41) is 10.9. The minimum absolute atomic E-state index is 0.117. The highest BCUT2D eigenvalue weighted by Gasteiger charge is 2.30. The van der Waals surface area contributed by atoms with Gasteiger partial charge >= 0.3 is 11.9 Å². The normalized spacial score (nSPS) is 17.9. The third kappa shape index (κ3) is 5.68. The van der Waals surface area contributed by atoms with Gasteiger partial charge in [-0.25, -0.2) is 9.59 Å². The van der Waals surface area contributed by atoms with Gasteiger partial charge in [0, 0.05) is 20.1 Å². The molecule has 1 aromatic heterocycles. The van der Waals surface area contributed by atoms with Crippen LogP contribution in [0.15, 0.2) is 48.5 Å². The fraction of sp³-hybridized carbons (Fsp3) is 0.429. The number of aromatic carboxylic acids is 1. The molecule has 0 amide bonds. The van der Waals surface area contributed by atoms with E-state index in [0.29, 0.717) is 30.4 Å². The van der Waals surface area contributed by atoms with Crippen molar-refractivity contribution >= 4 is 30.9 Å². The van der Waals surface area contributed by atoms with Gasteiger partial charge in [0.1, 0.15) is 5.69 Å². The van der Waals surface area contributed by atoms with Gasteiger partial charge in [0.25, 0.3) is 0 Å². The minimum Gasteiger partial charge on any atom is -0.477 e. The predicted molar refractivity (Wildman–Crippen MR) is 141 cm³/mol. The molecule has 4 rings (SSSR count). The second-order valence-corrected chi connectivity index (χ2v) is 16.9. The minimum atomic E-state index is -1.35. The Kier molecular flexibility index (Phi) is 6.93. The zero-order valence-corrected chi connectivity index (χ0v) is 22.3. The number of benzene rings is 2. The van der Waals surface area contributed by atoms with Crippen LogP contribution >= 0.6 is 0 Å². The van der Waals surface area contributed by atoms with Crippen LogP contribution in [0.5, 0.6) is 0 Å². The highest BCUT2D eigenvalue weighted by molar-refractivity contribution is 6.76. The van der Waals surface area contributed by atoms with Gasteiger partial charge in [-0.3, -0.25) is 0 Å². The molecule has 7 heteroatoms. The van der Waals surface area contributed by atoms with Gasteiger partial charge in [-0.1, -0.05) is 37.8 Å². The number of hydrogen-bond donors (Lipinski definition) is 1. The van der Waals surface area contributed by atoms with E-state index in [1.807, 2.05) is 12.1 Å². The van der Waals surface area contributed by atoms with Gasteiger partial charge in [0.15, 0.2) is 0 Å². The Morgan fingerprint density at radius 3 is 2.57 bits per heavy atom. The van der Waals surface area contributed by atoms with E-state index in [1.54, 1.807) is 28.8 Å². The number of carbonyl (C=O) groups excluding carboxylic acids is 1. The van der Waals surface area contributed by atoms with Crippen LogP contribution in [0.1, 0.15) is 59.0 Å². The molecule has 0 radical (unpaired) electrons. The van der Waals surface area contributed by atoms with E-state index in [-0.39, 0.29) is 11.3 Å². The molecule has 1 fully saturated rings.